The number of anilines is 2. The Kier molecular flexibility index (Phi) is 6.78. The van der Waals surface area contributed by atoms with Crippen LogP contribution >= 0.6 is 0 Å². The number of pyridine rings is 3. The van der Waals surface area contributed by atoms with Crippen LogP contribution in [0.1, 0.15) is 12.8 Å². The lowest BCUT2D eigenvalue weighted by molar-refractivity contribution is -0.117. The SMILES string of the molecule is CN(C)CCNc1cc(F)cc(-c2nccc3[nH]c(-c4n[nH]c5ccc(-c6cncc(NC(=O)C7CC7)c6)nc45)cc23)c1. The van der Waals surface area contributed by atoms with E-state index in [2.05, 4.69) is 40.7 Å². The first-order valence-electron chi connectivity index (χ1n) is 14.2. The highest BCUT2D eigenvalue weighted by molar-refractivity contribution is 5.99. The first-order valence-corrected chi connectivity index (χ1v) is 14.2. The summed E-state index contributed by atoms with van der Waals surface area (Å²) in [5.74, 6) is -0.200. The van der Waals surface area contributed by atoms with Gasteiger partial charge in [0.05, 0.1) is 34.5 Å². The highest BCUT2D eigenvalue weighted by Crippen LogP contribution is 2.35. The molecule has 1 fully saturated rings. The van der Waals surface area contributed by atoms with E-state index in [0.29, 0.717) is 46.1 Å². The number of nitrogens with one attached hydrogen (secondary N) is 4. The van der Waals surface area contributed by atoms with Crippen LogP contribution in [-0.2, 0) is 4.79 Å². The predicted octanol–water partition coefficient (Wildman–Crippen LogP) is 5.69. The first kappa shape index (κ1) is 26.7. The van der Waals surface area contributed by atoms with Crippen molar-refractivity contribution in [3.05, 3.63) is 72.9 Å². The Morgan fingerprint density at radius 3 is 2.70 bits per heavy atom. The third kappa shape index (κ3) is 5.54. The molecule has 216 valence electrons. The van der Waals surface area contributed by atoms with Gasteiger partial charge in [0, 0.05) is 59.1 Å². The lowest BCUT2D eigenvalue weighted by Gasteiger charge is -2.12. The van der Waals surface area contributed by atoms with Crippen molar-refractivity contribution in [1.82, 2.24) is 35.0 Å². The number of carbonyl (C=O) groups excluding carboxylic acids is 1. The monoisotopic (exact) mass is 575 g/mol. The molecule has 0 atom stereocenters. The minimum Gasteiger partial charge on any atom is -0.384 e. The predicted molar refractivity (Wildman–Crippen MR) is 166 cm³/mol. The number of fused-ring (bicyclic) bond motifs is 2. The molecular weight excluding hydrogens is 545 g/mol. The molecule has 43 heavy (non-hydrogen) atoms. The highest BCUT2D eigenvalue weighted by Gasteiger charge is 2.29. The maximum atomic E-state index is 14.7. The maximum Gasteiger partial charge on any atom is 0.227 e. The average molecular weight is 576 g/mol. The summed E-state index contributed by atoms with van der Waals surface area (Å²) >= 11 is 0. The Bertz CT molecular complexity index is 1980. The van der Waals surface area contributed by atoms with E-state index in [0.717, 1.165) is 47.1 Å². The van der Waals surface area contributed by atoms with Gasteiger partial charge in [0.25, 0.3) is 0 Å². The molecular formula is C32H30FN9O. The lowest BCUT2D eigenvalue weighted by atomic mass is 10.1. The minimum absolute atomic E-state index is 0.0298. The molecule has 0 unspecified atom stereocenters. The smallest absolute Gasteiger partial charge is 0.227 e. The number of likely N-dealkylation sites (N-methyl/N-ethyl adjacent to an activating group) is 1. The molecule has 0 spiro atoms. The van der Waals surface area contributed by atoms with Crippen LogP contribution in [-0.4, -0.2) is 68.1 Å². The van der Waals surface area contributed by atoms with Gasteiger partial charge in [-0.3, -0.25) is 19.9 Å². The van der Waals surface area contributed by atoms with Gasteiger partial charge in [0.2, 0.25) is 5.91 Å². The van der Waals surface area contributed by atoms with Crippen LogP contribution < -0.4 is 10.6 Å². The topological polar surface area (TPSA) is 128 Å². The molecule has 0 aliphatic heterocycles. The Morgan fingerprint density at radius 1 is 1.00 bits per heavy atom. The number of amides is 1. The number of aromatic nitrogens is 6. The molecule has 10 nitrogen and oxygen atoms in total. The fourth-order valence-corrected chi connectivity index (χ4v) is 5.15. The van der Waals surface area contributed by atoms with Gasteiger partial charge in [0.15, 0.2) is 0 Å². The first-order chi connectivity index (χ1) is 20.9. The molecule has 0 saturated heterocycles. The normalized spacial score (nSPS) is 13.2. The van der Waals surface area contributed by atoms with Crippen LogP contribution in [0.2, 0.25) is 0 Å². The molecule has 7 rings (SSSR count). The van der Waals surface area contributed by atoms with Crippen LogP contribution in [0.5, 0.6) is 0 Å². The Balaban J connectivity index is 1.23. The number of rotatable bonds is 9. The second-order valence-corrected chi connectivity index (χ2v) is 11.2. The number of H-pyrrole nitrogens is 2. The van der Waals surface area contributed by atoms with E-state index in [-0.39, 0.29) is 17.6 Å². The molecule has 0 bridgehead atoms. The molecule has 0 radical (unpaired) electrons. The Labute approximate surface area is 246 Å². The van der Waals surface area contributed by atoms with Crippen LogP contribution in [0.15, 0.2) is 67.1 Å². The van der Waals surface area contributed by atoms with E-state index in [1.54, 1.807) is 18.6 Å². The fraction of sp³-hybridized carbons (Fsp3) is 0.219. The van der Waals surface area contributed by atoms with Crippen molar-refractivity contribution in [2.75, 3.05) is 37.8 Å². The van der Waals surface area contributed by atoms with E-state index < -0.39 is 0 Å². The second kappa shape index (κ2) is 10.9. The van der Waals surface area contributed by atoms with E-state index in [1.165, 1.54) is 12.1 Å². The summed E-state index contributed by atoms with van der Waals surface area (Å²) in [4.78, 5) is 31.6. The number of carbonyl (C=O) groups is 1. The quantitative estimate of drug-likeness (QED) is 0.174. The number of nitrogens with zero attached hydrogens (tertiary/aromatic N) is 5. The van der Waals surface area contributed by atoms with Gasteiger partial charge in [-0.05, 0) is 75.5 Å². The van der Waals surface area contributed by atoms with Gasteiger partial charge in [-0.2, -0.15) is 5.10 Å². The lowest BCUT2D eigenvalue weighted by Crippen LogP contribution is -2.20. The highest BCUT2D eigenvalue weighted by atomic mass is 19.1. The summed E-state index contributed by atoms with van der Waals surface area (Å²) in [5.41, 5.74) is 7.90. The van der Waals surface area contributed by atoms with Crippen molar-refractivity contribution in [1.29, 1.82) is 0 Å². The molecule has 1 aliphatic rings. The third-order valence-corrected chi connectivity index (χ3v) is 7.52. The summed E-state index contributed by atoms with van der Waals surface area (Å²) in [6.07, 6.45) is 6.95. The van der Waals surface area contributed by atoms with Crippen molar-refractivity contribution in [2.45, 2.75) is 12.8 Å². The van der Waals surface area contributed by atoms with Crippen LogP contribution in [0, 0.1) is 11.7 Å². The molecule has 5 aromatic heterocycles. The molecule has 4 N–H and O–H groups in total. The number of hydrogen-bond acceptors (Lipinski definition) is 7. The number of hydrogen-bond donors (Lipinski definition) is 4. The third-order valence-electron chi connectivity index (χ3n) is 7.52. The van der Waals surface area contributed by atoms with Crippen molar-refractivity contribution in [2.24, 2.45) is 5.92 Å². The molecule has 6 aromatic rings. The zero-order chi connectivity index (χ0) is 29.5. The molecule has 1 aliphatic carbocycles. The molecule has 1 aromatic carbocycles. The van der Waals surface area contributed by atoms with E-state index in [1.807, 2.05) is 50.5 Å². The standard InChI is InChI=1S/C32H30FN9O/c1-42(2)10-9-35-22-12-19(11-21(33)14-22)29-24-15-28(38-26(24)7-8-36-29)31-30-27(40-41-31)6-5-25(39-30)20-13-23(17-34-16-20)37-32(43)18-3-4-18/h5-8,11-18,35,38H,3-4,9-10H2,1-2H3,(H,37,43)(H,40,41). The van der Waals surface area contributed by atoms with Crippen LogP contribution in [0.25, 0.3) is 55.8 Å². The number of aromatic amines is 2. The Hall–Kier alpha value is -5.16. The Morgan fingerprint density at radius 2 is 1.86 bits per heavy atom. The van der Waals surface area contributed by atoms with Crippen LogP contribution in [0.3, 0.4) is 0 Å². The summed E-state index contributed by atoms with van der Waals surface area (Å²) in [6, 6.07) is 14.5. The van der Waals surface area contributed by atoms with Crippen molar-refractivity contribution in [3.63, 3.8) is 0 Å². The molecule has 1 saturated carbocycles. The molecule has 1 amide bonds. The van der Waals surface area contributed by atoms with Gasteiger partial charge in [-0.15, -0.1) is 0 Å². The van der Waals surface area contributed by atoms with E-state index in [4.69, 9.17) is 4.98 Å². The number of benzene rings is 1. The average Bonchev–Trinajstić information content (AvgIpc) is 3.62. The van der Waals surface area contributed by atoms with Gasteiger partial charge in [0.1, 0.15) is 17.0 Å². The zero-order valence-corrected chi connectivity index (χ0v) is 23.8. The second-order valence-electron chi connectivity index (χ2n) is 11.2. The summed E-state index contributed by atoms with van der Waals surface area (Å²) in [6.45, 7) is 1.52. The molecule has 5 heterocycles. The summed E-state index contributed by atoms with van der Waals surface area (Å²) in [7, 11) is 4.00. The van der Waals surface area contributed by atoms with E-state index in [9.17, 15) is 9.18 Å². The summed E-state index contributed by atoms with van der Waals surface area (Å²) in [5, 5.41) is 14.7. The fourth-order valence-electron chi connectivity index (χ4n) is 5.15. The van der Waals surface area contributed by atoms with Crippen LogP contribution in [0.4, 0.5) is 15.8 Å². The van der Waals surface area contributed by atoms with E-state index >= 15 is 0 Å². The van der Waals surface area contributed by atoms with Gasteiger partial charge >= 0.3 is 0 Å². The zero-order valence-electron chi connectivity index (χ0n) is 23.8. The largest absolute Gasteiger partial charge is 0.384 e. The minimum atomic E-state index is -0.333. The van der Waals surface area contributed by atoms with Gasteiger partial charge < -0.3 is 20.5 Å². The van der Waals surface area contributed by atoms with Crippen molar-refractivity contribution >= 4 is 39.2 Å². The molecule has 11 heteroatoms. The van der Waals surface area contributed by atoms with Gasteiger partial charge in [-0.25, -0.2) is 9.37 Å². The van der Waals surface area contributed by atoms with Gasteiger partial charge in [-0.1, -0.05) is 0 Å². The van der Waals surface area contributed by atoms with Crippen molar-refractivity contribution in [3.8, 4) is 33.9 Å². The van der Waals surface area contributed by atoms with Crippen molar-refractivity contribution < 1.29 is 9.18 Å². The number of halogens is 1. The summed E-state index contributed by atoms with van der Waals surface area (Å²) < 4.78 is 14.7. The maximum absolute atomic E-state index is 14.7.